The fourth-order valence-corrected chi connectivity index (χ4v) is 3.05. The number of likely N-dealkylation sites (N-methyl/N-ethyl adjacent to an activating group) is 1. The average Bonchev–Trinajstić information content (AvgIpc) is 3.02. The van der Waals surface area contributed by atoms with Crippen molar-refractivity contribution in [2.75, 3.05) is 26.7 Å². The first-order chi connectivity index (χ1) is 11.5. The molecule has 0 spiro atoms. The van der Waals surface area contributed by atoms with Gasteiger partial charge in [0.25, 0.3) is 5.91 Å². The van der Waals surface area contributed by atoms with Gasteiger partial charge in [0, 0.05) is 25.4 Å². The number of ether oxygens (including phenoxy) is 1. The van der Waals surface area contributed by atoms with E-state index in [0.29, 0.717) is 26.1 Å². The highest BCUT2D eigenvalue weighted by atomic mass is 16.5. The van der Waals surface area contributed by atoms with Gasteiger partial charge in [-0.1, -0.05) is 18.2 Å². The van der Waals surface area contributed by atoms with Gasteiger partial charge in [-0.2, -0.15) is 5.10 Å². The lowest BCUT2D eigenvalue weighted by Gasteiger charge is -2.39. The van der Waals surface area contributed by atoms with Gasteiger partial charge in [-0.05, 0) is 13.0 Å². The number of amides is 2. The normalized spacial score (nSPS) is 21.0. The van der Waals surface area contributed by atoms with Crippen LogP contribution in [-0.2, 0) is 20.9 Å². The van der Waals surface area contributed by atoms with Crippen LogP contribution < -0.4 is 5.32 Å². The molecule has 1 aromatic carbocycles. The zero-order valence-corrected chi connectivity index (χ0v) is 14.0. The van der Waals surface area contributed by atoms with Crippen molar-refractivity contribution in [2.45, 2.75) is 25.5 Å². The second-order valence-electron chi connectivity index (χ2n) is 6.15. The Hall–Kier alpha value is -2.41. The fraction of sp³-hybridized carbons (Fsp3) is 0.471. The molecular formula is C17H22N4O3. The molecule has 0 saturated carbocycles. The van der Waals surface area contributed by atoms with Crippen molar-refractivity contribution in [1.82, 2.24) is 20.0 Å². The summed E-state index contributed by atoms with van der Waals surface area (Å²) in [5.41, 5.74) is 0.0311. The van der Waals surface area contributed by atoms with E-state index >= 15 is 0 Å². The number of nitrogens with one attached hydrogen (secondary N) is 1. The maximum absolute atomic E-state index is 12.5. The smallest absolute Gasteiger partial charge is 0.253 e. The minimum absolute atomic E-state index is 0.00742. The maximum Gasteiger partial charge on any atom is 0.253 e. The molecule has 0 bridgehead atoms. The van der Waals surface area contributed by atoms with Gasteiger partial charge in [-0.25, -0.2) is 0 Å². The van der Waals surface area contributed by atoms with Gasteiger partial charge >= 0.3 is 0 Å². The Bertz CT molecular complexity index is 757. The highest BCUT2D eigenvalue weighted by Crippen LogP contribution is 2.19. The van der Waals surface area contributed by atoms with Gasteiger partial charge in [0.1, 0.15) is 0 Å². The SMILES string of the molecule is CNC(=O)C1(C)CN(C(=O)CCn2ncc3ccccc32)CCO1. The Balaban J connectivity index is 1.63. The summed E-state index contributed by atoms with van der Waals surface area (Å²) in [6, 6.07) is 7.91. The molecule has 24 heavy (non-hydrogen) atoms. The summed E-state index contributed by atoms with van der Waals surface area (Å²) in [5.74, 6) is -0.203. The monoisotopic (exact) mass is 330 g/mol. The predicted octanol–water partition coefficient (Wildman–Crippen LogP) is 0.790. The summed E-state index contributed by atoms with van der Waals surface area (Å²) in [5, 5.41) is 7.99. The van der Waals surface area contributed by atoms with Crippen LogP contribution in [-0.4, -0.2) is 58.8 Å². The number of aryl methyl sites for hydroxylation is 1. The van der Waals surface area contributed by atoms with Gasteiger partial charge < -0.3 is 15.0 Å². The molecule has 1 aliphatic heterocycles. The molecule has 128 valence electrons. The number of para-hydroxylation sites is 1. The standard InChI is InChI=1S/C17H22N4O3/c1-17(16(23)18-2)12-20(9-10-24-17)15(22)7-8-21-14-6-4-3-5-13(14)11-19-21/h3-6,11H,7-10,12H2,1-2H3,(H,18,23). The third-order valence-corrected chi connectivity index (χ3v) is 4.42. The number of benzene rings is 1. The van der Waals surface area contributed by atoms with E-state index in [-0.39, 0.29) is 18.4 Å². The molecule has 7 heteroatoms. The molecule has 1 aliphatic rings. The fourth-order valence-electron chi connectivity index (χ4n) is 3.05. The van der Waals surface area contributed by atoms with Crippen LogP contribution in [0.3, 0.4) is 0 Å². The number of hydrogen-bond acceptors (Lipinski definition) is 4. The Morgan fingerprint density at radius 2 is 2.17 bits per heavy atom. The molecule has 3 rings (SSSR count). The van der Waals surface area contributed by atoms with Gasteiger partial charge in [0.2, 0.25) is 5.91 Å². The van der Waals surface area contributed by atoms with Crippen LogP contribution in [0.5, 0.6) is 0 Å². The molecule has 2 amide bonds. The van der Waals surface area contributed by atoms with Crippen molar-refractivity contribution < 1.29 is 14.3 Å². The van der Waals surface area contributed by atoms with E-state index < -0.39 is 5.60 Å². The van der Waals surface area contributed by atoms with Crippen LogP contribution in [0.2, 0.25) is 0 Å². The summed E-state index contributed by atoms with van der Waals surface area (Å²) in [6.07, 6.45) is 2.15. The van der Waals surface area contributed by atoms with Crippen LogP contribution in [0.15, 0.2) is 30.5 Å². The van der Waals surface area contributed by atoms with Gasteiger partial charge in [0.15, 0.2) is 5.60 Å². The van der Waals surface area contributed by atoms with Crippen molar-refractivity contribution in [3.05, 3.63) is 30.5 Å². The van der Waals surface area contributed by atoms with E-state index in [0.717, 1.165) is 10.9 Å². The summed E-state index contributed by atoms with van der Waals surface area (Å²) < 4.78 is 7.42. The van der Waals surface area contributed by atoms with Crippen LogP contribution in [0.1, 0.15) is 13.3 Å². The van der Waals surface area contributed by atoms with E-state index in [1.807, 2.05) is 28.9 Å². The molecule has 7 nitrogen and oxygen atoms in total. The molecule has 2 heterocycles. The Morgan fingerprint density at radius 1 is 1.38 bits per heavy atom. The summed E-state index contributed by atoms with van der Waals surface area (Å²) in [6.45, 7) is 3.36. The Morgan fingerprint density at radius 3 is 2.96 bits per heavy atom. The zero-order chi connectivity index (χ0) is 17.2. The summed E-state index contributed by atoms with van der Waals surface area (Å²) in [4.78, 5) is 26.2. The molecule has 1 fully saturated rings. The van der Waals surface area contributed by atoms with E-state index in [1.54, 1.807) is 25.1 Å². The van der Waals surface area contributed by atoms with Gasteiger partial charge in [0.05, 0.1) is 31.4 Å². The molecule has 0 radical (unpaired) electrons. The highest BCUT2D eigenvalue weighted by Gasteiger charge is 2.39. The second kappa shape index (κ2) is 6.60. The van der Waals surface area contributed by atoms with Crippen molar-refractivity contribution in [3.8, 4) is 0 Å². The minimum atomic E-state index is -0.985. The van der Waals surface area contributed by atoms with Crippen molar-refractivity contribution in [1.29, 1.82) is 0 Å². The Labute approximate surface area is 140 Å². The topological polar surface area (TPSA) is 76.5 Å². The van der Waals surface area contributed by atoms with E-state index in [4.69, 9.17) is 4.74 Å². The lowest BCUT2D eigenvalue weighted by molar-refractivity contribution is -0.162. The molecule has 1 N–H and O–H groups in total. The lowest BCUT2D eigenvalue weighted by Crippen LogP contribution is -2.58. The molecule has 1 saturated heterocycles. The summed E-state index contributed by atoms with van der Waals surface area (Å²) in [7, 11) is 1.57. The van der Waals surface area contributed by atoms with Gasteiger partial charge in [-0.15, -0.1) is 0 Å². The number of carbonyl (C=O) groups excluding carboxylic acids is 2. The second-order valence-corrected chi connectivity index (χ2v) is 6.15. The number of aromatic nitrogens is 2. The lowest BCUT2D eigenvalue weighted by atomic mass is 10.0. The van der Waals surface area contributed by atoms with Crippen LogP contribution in [0, 0.1) is 0 Å². The number of rotatable bonds is 4. The van der Waals surface area contributed by atoms with E-state index in [1.165, 1.54) is 0 Å². The molecule has 0 aliphatic carbocycles. The van der Waals surface area contributed by atoms with Crippen LogP contribution in [0.25, 0.3) is 10.9 Å². The number of nitrogens with zero attached hydrogens (tertiary/aromatic N) is 3. The number of carbonyl (C=O) groups is 2. The third-order valence-electron chi connectivity index (χ3n) is 4.42. The highest BCUT2D eigenvalue weighted by molar-refractivity contribution is 5.86. The molecule has 1 unspecified atom stereocenters. The van der Waals surface area contributed by atoms with E-state index in [9.17, 15) is 9.59 Å². The van der Waals surface area contributed by atoms with Crippen molar-refractivity contribution >= 4 is 22.7 Å². The minimum Gasteiger partial charge on any atom is -0.362 e. The molecule has 2 aromatic rings. The first-order valence-corrected chi connectivity index (χ1v) is 8.08. The van der Waals surface area contributed by atoms with Crippen LogP contribution in [0.4, 0.5) is 0 Å². The zero-order valence-electron chi connectivity index (χ0n) is 14.0. The first-order valence-electron chi connectivity index (χ1n) is 8.08. The maximum atomic E-state index is 12.5. The Kier molecular flexibility index (Phi) is 4.53. The van der Waals surface area contributed by atoms with Crippen molar-refractivity contribution in [3.63, 3.8) is 0 Å². The predicted molar refractivity (Wildman–Crippen MR) is 89.4 cm³/mol. The van der Waals surface area contributed by atoms with Crippen molar-refractivity contribution in [2.24, 2.45) is 0 Å². The quantitative estimate of drug-likeness (QED) is 0.899. The van der Waals surface area contributed by atoms with E-state index in [2.05, 4.69) is 10.4 Å². The largest absolute Gasteiger partial charge is 0.362 e. The molecular weight excluding hydrogens is 308 g/mol. The number of fused-ring (bicyclic) bond motifs is 1. The average molecular weight is 330 g/mol. The molecule has 1 atom stereocenters. The number of morpholine rings is 1. The summed E-state index contributed by atoms with van der Waals surface area (Å²) >= 11 is 0. The molecule has 1 aromatic heterocycles. The number of hydrogen-bond donors (Lipinski definition) is 1. The third kappa shape index (κ3) is 3.12. The van der Waals surface area contributed by atoms with Gasteiger partial charge in [-0.3, -0.25) is 14.3 Å². The first kappa shape index (κ1) is 16.4. The van der Waals surface area contributed by atoms with Crippen LogP contribution >= 0.6 is 0 Å².